The molecule has 114 valence electrons. The van der Waals surface area contributed by atoms with Gasteiger partial charge < -0.3 is 15.0 Å². The quantitative estimate of drug-likeness (QED) is 0.679. The van der Waals surface area contributed by atoms with Crippen LogP contribution in [0.15, 0.2) is 36.0 Å². The second-order valence-corrected chi connectivity index (χ2v) is 5.57. The molecule has 0 aromatic heterocycles. The number of benzene rings is 1. The van der Waals surface area contributed by atoms with Crippen molar-refractivity contribution >= 4 is 11.6 Å². The van der Waals surface area contributed by atoms with E-state index < -0.39 is 0 Å². The van der Waals surface area contributed by atoms with Crippen LogP contribution >= 0.6 is 0 Å². The number of ether oxygens (including phenoxy) is 1. The molecule has 1 aromatic rings. The molecule has 2 heterocycles. The summed E-state index contributed by atoms with van der Waals surface area (Å²) >= 11 is 0. The SMILES string of the molecule is N#C/C(=C/N1CCc2ccccc21)C(=O)NCC1CCCO1. The Bertz CT molecular complexity index is 627. The van der Waals surface area contributed by atoms with E-state index >= 15 is 0 Å². The third-order valence-corrected chi connectivity index (χ3v) is 4.09. The lowest BCUT2D eigenvalue weighted by molar-refractivity contribution is -0.117. The van der Waals surface area contributed by atoms with Crippen LogP contribution in [0.5, 0.6) is 0 Å². The lowest BCUT2D eigenvalue weighted by Crippen LogP contribution is -2.33. The van der Waals surface area contributed by atoms with Crippen molar-refractivity contribution in [3.05, 3.63) is 41.6 Å². The van der Waals surface area contributed by atoms with Crippen LogP contribution in [0.3, 0.4) is 0 Å². The van der Waals surface area contributed by atoms with Crippen LogP contribution in [0.1, 0.15) is 18.4 Å². The van der Waals surface area contributed by atoms with Crippen LogP contribution in [-0.4, -0.2) is 31.7 Å². The standard InChI is InChI=1S/C17H19N3O2/c18-10-14(17(21)19-11-15-5-3-9-22-15)12-20-8-7-13-4-1-2-6-16(13)20/h1-2,4,6,12,15H,3,5,7-9,11H2,(H,19,21)/b14-12-. The van der Waals surface area contributed by atoms with Gasteiger partial charge in [0, 0.05) is 31.6 Å². The maximum Gasteiger partial charge on any atom is 0.263 e. The minimum Gasteiger partial charge on any atom is -0.376 e. The molecule has 0 bridgehead atoms. The Morgan fingerprint density at radius 1 is 1.50 bits per heavy atom. The largest absolute Gasteiger partial charge is 0.376 e. The Labute approximate surface area is 130 Å². The lowest BCUT2D eigenvalue weighted by Gasteiger charge is -2.15. The summed E-state index contributed by atoms with van der Waals surface area (Å²) in [4.78, 5) is 14.1. The summed E-state index contributed by atoms with van der Waals surface area (Å²) in [6, 6.07) is 10.1. The van der Waals surface area contributed by atoms with Crippen LogP contribution in [0.2, 0.25) is 0 Å². The van der Waals surface area contributed by atoms with E-state index in [0.29, 0.717) is 6.54 Å². The van der Waals surface area contributed by atoms with Crippen LogP contribution in [0.25, 0.3) is 0 Å². The Balaban J connectivity index is 1.66. The van der Waals surface area contributed by atoms with Gasteiger partial charge in [-0.2, -0.15) is 5.26 Å². The van der Waals surface area contributed by atoms with Crippen molar-refractivity contribution in [3.8, 4) is 6.07 Å². The van der Waals surface area contributed by atoms with Crippen LogP contribution < -0.4 is 10.2 Å². The topological polar surface area (TPSA) is 65.4 Å². The normalized spacial score (nSPS) is 20.6. The van der Waals surface area contributed by atoms with Crippen molar-refractivity contribution in [2.45, 2.75) is 25.4 Å². The first-order chi connectivity index (χ1) is 10.8. The summed E-state index contributed by atoms with van der Waals surface area (Å²) in [5.41, 5.74) is 2.45. The first-order valence-corrected chi connectivity index (χ1v) is 7.64. The van der Waals surface area contributed by atoms with Gasteiger partial charge in [0.25, 0.3) is 5.91 Å². The van der Waals surface area contributed by atoms with Gasteiger partial charge in [-0.1, -0.05) is 18.2 Å². The highest BCUT2D eigenvalue weighted by Gasteiger charge is 2.20. The molecule has 2 aliphatic heterocycles. The number of anilines is 1. The molecule has 1 amide bonds. The van der Waals surface area contributed by atoms with Crippen LogP contribution in [0.4, 0.5) is 5.69 Å². The van der Waals surface area contributed by atoms with Gasteiger partial charge in [-0.15, -0.1) is 0 Å². The number of hydrogen-bond acceptors (Lipinski definition) is 4. The van der Waals surface area contributed by atoms with Crippen molar-refractivity contribution in [1.29, 1.82) is 5.26 Å². The molecule has 0 spiro atoms. The van der Waals surface area contributed by atoms with E-state index in [1.54, 1.807) is 6.20 Å². The maximum absolute atomic E-state index is 12.1. The Morgan fingerprint density at radius 2 is 2.36 bits per heavy atom. The Morgan fingerprint density at radius 3 is 3.14 bits per heavy atom. The number of amides is 1. The van der Waals surface area contributed by atoms with Gasteiger partial charge in [-0.25, -0.2) is 0 Å². The number of hydrogen-bond donors (Lipinski definition) is 1. The van der Waals surface area contributed by atoms with E-state index in [-0.39, 0.29) is 17.6 Å². The first-order valence-electron chi connectivity index (χ1n) is 7.64. The smallest absolute Gasteiger partial charge is 0.263 e. The molecular formula is C17H19N3O2. The molecule has 1 N–H and O–H groups in total. The molecule has 1 atom stereocenters. The van der Waals surface area contributed by atoms with Crippen molar-refractivity contribution in [2.24, 2.45) is 0 Å². The van der Waals surface area contributed by atoms with E-state index in [0.717, 1.165) is 38.1 Å². The average molecular weight is 297 g/mol. The van der Waals surface area contributed by atoms with Gasteiger partial charge in [0.2, 0.25) is 0 Å². The van der Waals surface area contributed by atoms with E-state index in [9.17, 15) is 10.1 Å². The molecule has 3 rings (SSSR count). The highest BCUT2D eigenvalue weighted by molar-refractivity contribution is 5.97. The van der Waals surface area contributed by atoms with Crippen molar-refractivity contribution in [1.82, 2.24) is 5.32 Å². The number of nitrogens with one attached hydrogen (secondary N) is 1. The molecule has 22 heavy (non-hydrogen) atoms. The van der Waals surface area contributed by atoms with Crippen molar-refractivity contribution < 1.29 is 9.53 Å². The monoisotopic (exact) mass is 297 g/mol. The van der Waals surface area contributed by atoms with Crippen LogP contribution in [-0.2, 0) is 16.0 Å². The summed E-state index contributed by atoms with van der Waals surface area (Å²) in [6.45, 7) is 2.02. The lowest BCUT2D eigenvalue weighted by atomic mass is 10.2. The van der Waals surface area contributed by atoms with Gasteiger partial charge in [-0.3, -0.25) is 4.79 Å². The third-order valence-electron chi connectivity index (χ3n) is 4.09. The van der Waals surface area contributed by atoms with E-state index in [2.05, 4.69) is 11.4 Å². The summed E-state index contributed by atoms with van der Waals surface area (Å²) in [5.74, 6) is -0.331. The predicted octanol–water partition coefficient (Wildman–Crippen LogP) is 1.75. The second-order valence-electron chi connectivity index (χ2n) is 5.57. The fourth-order valence-corrected chi connectivity index (χ4v) is 2.90. The zero-order chi connectivity index (χ0) is 15.4. The molecule has 1 unspecified atom stereocenters. The molecule has 5 nitrogen and oxygen atoms in total. The van der Waals surface area contributed by atoms with Gasteiger partial charge in [0.1, 0.15) is 11.6 Å². The number of carbonyl (C=O) groups excluding carboxylic acids is 1. The minimum absolute atomic E-state index is 0.0800. The van der Waals surface area contributed by atoms with E-state index in [1.165, 1.54) is 5.56 Å². The van der Waals surface area contributed by atoms with Gasteiger partial charge in [0.05, 0.1) is 6.10 Å². The number of rotatable bonds is 4. The van der Waals surface area contributed by atoms with E-state index in [4.69, 9.17) is 4.74 Å². The second kappa shape index (κ2) is 6.63. The van der Waals surface area contributed by atoms with Crippen molar-refractivity contribution in [3.63, 3.8) is 0 Å². The van der Waals surface area contributed by atoms with E-state index in [1.807, 2.05) is 29.2 Å². The summed E-state index contributed by atoms with van der Waals surface area (Å²) in [7, 11) is 0. The third kappa shape index (κ3) is 3.12. The molecule has 5 heteroatoms. The number of para-hydroxylation sites is 1. The molecule has 0 radical (unpaired) electrons. The maximum atomic E-state index is 12.1. The average Bonchev–Trinajstić information content (AvgIpc) is 3.20. The van der Waals surface area contributed by atoms with Gasteiger partial charge in [-0.05, 0) is 30.9 Å². The number of nitriles is 1. The van der Waals surface area contributed by atoms with Gasteiger partial charge >= 0.3 is 0 Å². The molecular weight excluding hydrogens is 278 g/mol. The molecule has 0 aliphatic carbocycles. The summed E-state index contributed by atoms with van der Waals surface area (Å²) in [6.07, 6.45) is 4.66. The van der Waals surface area contributed by atoms with Gasteiger partial charge in [0.15, 0.2) is 0 Å². The fourth-order valence-electron chi connectivity index (χ4n) is 2.90. The Kier molecular flexibility index (Phi) is 4.40. The minimum atomic E-state index is -0.331. The summed E-state index contributed by atoms with van der Waals surface area (Å²) in [5, 5.41) is 12.1. The molecule has 1 aromatic carbocycles. The predicted molar refractivity (Wildman–Crippen MR) is 83.2 cm³/mol. The highest BCUT2D eigenvalue weighted by Crippen LogP contribution is 2.28. The number of fused-ring (bicyclic) bond motifs is 1. The summed E-state index contributed by atoms with van der Waals surface area (Å²) < 4.78 is 5.47. The molecule has 0 saturated carbocycles. The number of carbonyl (C=O) groups is 1. The fraction of sp³-hybridized carbons (Fsp3) is 0.412. The van der Waals surface area contributed by atoms with Crippen molar-refractivity contribution in [2.75, 3.05) is 24.6 Å². The molecule has 2 aliphatic rings. The highest BCUT2D eigenvalue weighted by atomic mass is 16.5. The number of nitrogens with zero attached hydrogens (tertiary/aromatic N) is 2. The zero-order valence-electron chi connectivity index (χ0n) is 12.4. The molecule has 1 fully saturated rings. The Hall–Kier alpha value is -2.32. The molecule has 1 saturated heterocycles. The zero-order valence-corrected chi connectivity index (χ0v) is 12.4. The van der Waals surface area contributed by atoms with Crippen LogP contribution in [0, 0.1) is 11.3 Å². The first kappa shape index (κ1) is 14.6.